The molecule has 1 aliphatic heterocycles. The molecule has 0 spiro atoms. The number of nitrogens with one attached hydrogen (secondary N) is 1. The minimum atomic E-state index is -0.00131. The molecule has 6 nitrogen and oxygen atoms in total. The predicted molar refractivity (Wildman–Crippen MR) is 118 cm³/mol. The van der Waals surface area contributed by atoms with Crippen LogP contribution in [0.1, 0.15) is 18.1 Å². The summed E-state index contributed by atoms with van der Waals surface area (Å²) in [7, 11) is 0. The van der Waals surface area contributed by atoms with E-state index in [2.05, 4.69) is 22.1 Å². The van der Waals surface area contributed by atoms with E-state index in [0.29, 0.717) is 25.4 Å². The van der Waals surface area contributed by atoms with Crippen molar-refractivity contribution in [3.8, 4) is 0 Å². The Balaban J connectivity index is 1.37. The van der Waals surface area contributed by atoms with Gasteiger partial charge in [-0.25, -0.2) is 0 Å². The van der Waals surface area contributed by atoms with Crippen molar-refractivity contribution in [2.24, 2.45) is 0 Å². The average molecular weight is 413 g/mol. The number of hydrogen-bond donors (Lipinski definition) is 1. The molecule has 3 rings (SSSR count). The van der Waals surface area contributed by atoms with E-state index in [4.69, 9.17) is 0 Å². The fraction of sp³-hybridized carbons (Fsp3) is 0.409. The summed E-state index contributed by atoms with van der Waals surface area (Å²) >= 11 is 1.63. The fourth-order valence-corrected chi connectivity index (χ4v) is 4.21. The number of pyridine rings is 1. The van der Waals surface area contributed by atoms with Crippen molar-refractivity contribution in [3.63, 3.8) is 0 Å². The Labute approximate surface area is 176 Å². The molecule has 0 radical (unpaired) electrons. The van der Waals surface area contributed by atoms with Gasteiger partial charge >= 0.3 is 0 Å². The summed E-state index contributed by atoms with van der Waals surface area (Å²) in [6, 6.07) is 11.8. The first-order valence-electron chi connectivity index (χ1n) is 10.00. The minimum Gasteiger partial charge on any atom is -0.339 e. The molecule has 0 bridgehead atoms. The maximum atomic E-state index is 12.4. The van der Waals surface area contributed by atoms with Gasteiger partial charge in [-0.3, -0.25) is 19.5 Å². The molecule has 29 heavy (non-hydrogen) atoms. The van der Waals surface area contributed by atoms with Crippen molar-refractivity contribution in [2.75, 3.05) is 43.8 Å². The SMILES string of the molecule is CCc1ccccc1NC(=O)CN1CCN(C(=O)CSCc2ccncc2)CC1. The number of thioether (sulfide) groups is 1. The number of anilines is 1. The zero-order valence-corrected chi connectivity index (χ0v) is 17.7. The van der Waals surface area contributed by atoms with Gasteiger partial charge < -0.3 is 10.2 Å². The summed E-state index contributed by atoms with van der Waals surface area (Å²) in [4.78, 5) is 32.8. The number of nitrogens with zero attached hydrogens (tertiary/aromatic N) is 3. The molecule has 1 aromatic carbocycles. The summed E-state index contributed by atoms with van der Waals surface area (Å²) in [6.45, 7) is 5.24. The van der Waals surface area contributed by atoms with Gasteiger partial charge in [0, 0.05) is 50.0 Å². The van der Waals surface area contributed by atoms with Crippen LogP contribution in [0.2, 0.25) is 0 Å². The lowest BCUT2D eigenvalue weighted by atomic mass is 10.1. The van der Waals surface area contributed by atoms with Crippen LogP contribution in [0.25, 0.3) is 0 Å². The van der Waals surface area contributed by atoms with Crippen molar-refractivity contribution >= 4 is 29.3 Å². The molecule has 2 aromatic rings. The normalized spacial score (nSPS) is 14.6. The molecule has 0 atom stereocenters. The Hall–Kier alpha value is -2.38. The molecule has 0 unspecified atom stereocenters. The van der Waals surface area contributed by atoms with Crippen LogP contribution in [0.4, 0.5) is 5.69 Å². The Morgan fingerprint density at radius 1 is 1.07 bits per heavy atom. The van der Waals surface area contributed by atoms with Crippen LogP contribution >= 0.6 is 11.8 Å². The Morgan fingerprint density at radius 3 is 2.52 bits per heavy atom. The zero-order valence-electron chi connectivity index (χ0n) is 16.8. The molecule has 2 heterocycles. The van der Waals surface area contributed by atoms with Crippen LogP contribution in [0.15, 0.2) is 48.8 Å². The van der Waals surface area contributed by atoms with Crippen LogP contribution in [0, 0.1) is 0 Å². The fourth-order valence-electron chi connectivity index (χ4n) is 3.33. The van der Waals surface area contributed by atoms with Crippen molar-refractivity contribution in [2.45, 2.75) is 19.1 Å². The number of aromatic nitrogens is 1. The van der Waals surface area contributed by atoms with Gasteiger partial charge in [0.15, 0.2) is 0 Å². The molecule has 2 amide bonds. The first-order chi connectivity index (χ1) is 14.2. The maximum absolute atomic E-state index is 12.4. The van der Waals surface area contributed by atoms with Crippen LogP contribution < -0.4 is 5.32 Å². The van der Waals surface area contributed by atoms with E-state index in [1.54, 1.807) is 24.2 Å². The third-order valence-electron chi connectivity index (χ3n) is 5.01. The molecule has 1 fully saturated rings. The van der Waals surface area contributed by atoms with Crippen LogP contribution in [-0.4, -0.2) is 65.1 Å². The summed E-state index contributed by atoms with van der Waals surface area (Å²) in [5, 5.41) is 3.02. The Bertz CT molecular complexity index is 807. The highest BCUT2D eigenvalue weighted by Gasteiger charge is 2.22. The van der Waals surface area contributed by atoms with Crippen LogP contribution in [0.5, 0.6) is 0 Å². The number of piperazine rings is 1. The average Bonchev–Trinajstić information content (AvgIpc) is 2.75. The summed E-state index contributed by atoms with van der Waals surface area (Å²) in [6.07, 6.45) is 4.43. The number of hydrogen-bond acceptors (Lipinski definition) is 5. The van der Waals surface area contributed by atoms with E-state index in [9.17, 15) is 9.59 Å². The molecule has 154 valence electrons. The highest BCUT2D eigenvalue weighted by atomic mass is 32.2. The van der Waals surface area contributed by atoms with Crippen LogP contribution in [0.3, 0.4) is 0 Å². The van der Waals surface area contributed by atoms with Crippen molar-refractivity contribution in [3.05, 3.63) is 59.9 Å². The van der Waals surface area contributed by atoms with Crippen LogP contribution in [-0.2, 0) is 21.8 Å². The van der Waals surface area contributed by atoms with Crippen molar-refractivity contribution in [1.29, 1.82) is 0 Å². The van der Waals surface area contributed by atoms with E-state index in [1.807, 2.05) is 41.3 Å². The molecular formula is C22H28N4O2S. The number of carbonyl (C=O) groups is 2. The number of amides is 2. The van der Waals surface area contributed by atoms with Gasteiger partial charge in [-0.2, -0.15) is 0 Å². The Morgan fingerprint density at radius 2 is 1.79 bits per heavy atom. The number of aryl methyl sites for hydroxylation is 1. The highest BCUT2D eigenvalue weighted by molar-refractivity contribution is 7.99. The largest absolute Gasteiger partial charge is 0.339 e. The van der Waals surface area contributed by atoms with Crippen molar-refractivity contribution in [1.82, 2.24) is 14.8 Å². The second kappa shape index (κ2) is 11.0. The van der Waals surface area contributed by atoms with Gasteiger partial charge in [0.1, 0.15) is 0 Å². The van der Waals surface area contributed by atoms with Gasteiger partial charge in [0.2, 0.25) is 11.8 Å². The quantitative estimate of drug-likeness (QED) is 0.722. The minimum absolute atomic E-state index is 0.00131. The predicted octanol–water partition coefficient (Wildman–Crippen LogP) is 2.66. The first kappa shape index (κ1) is 21.3. The summed E-state index contributed by atoms with van der Waals surface area (Å²) in [5.41, 5.74) is 3.21. The topological polar surface area (TPSA) is 65.5 Å². The van der Waals surface area contributed by atoms with E-state index in [-0.39, 0.29) is 11.8 Å². The van der Waals surface area contributed by atoms with E-state index >= 15 is 0 Å². The van der Waals surface area contributed by atoms with Gasteiger partial charge in [-0.05, 0) is 35.7 Å². The number of para-hydroxylation sites is 1. The molecule has 1 saturated heterocycles. The number of carbonyl (C=O) groups excluding carboxylic acids is 2. The lowest BCUT2D eigenvalue weighted by molar-refractivity contribution is -0.130. The molecule has 0 aliphatic carbocycles. The van der Waals surface area contributed by atoms with Gasteiger partial charge in [-0.15, -0.1) is 11.8 Å². The number of benzene rings is 1. The number of rotatable bonds is 8. The summed E-state index contributed by atoms with van der Waals surface area (Å²) in [5.74, 6) is 1.47. The van der Waals surface area contributed by atoms with Gasteiger partial charge in [0.05, 0.1) is 12.3 Å². The smallest absolute Gasteiger partial charge is 0.238 e. The monoisotopic (exact) mass is 412 g/mol. The molecule has 1 aliphatic rings. The summed E-state index contributed by atoms with van der Waals surface area (Å²) < 4.78 is 0. The van der Waals surface area contributed by atoms with E-state index < -0.39 is 0 Å². The zero-order chi connectivity index (χ0) is 20.5. The van der Waals surface area contributed by atoms with Gasteiger partial charge in [-0.1, -0.05) is 25.1 Å². The van der Waals surface area contributed by atoms with E-state index in [1.165, 1.54) is 5.56 Å². The second-order valence-electron chi connectivity index (χ2n) is 7.06. The third kappa shape index (κ3) is 6.58. The Kier molecular flexibility index (Phi) is 8.07. The molecule has 1 N–H and O–H groups in total. The molecule has 1 aromatic heterocycles. The third-order valence-corrected chi connectivity index (χ3v) is 6.00. The van der Waals surface area contributed by atoms with Crippen molar-refractivity contribution < 1.29 is 9.59 Å². The first-order valence-corrected chi connectivity index (χ1v) is 11.2. The second-order valence-corrected chi connectivity index (χ2v) is 8.05. The molecule has 0 saturated carbocycles. The van der Waals surface area contributed by atoms with Gasteiger partial charge in [0.25, 0.3) is 0 Å². The highest BCUT2D eigenvalue weighted by Crippen LogP contribution is 2.16. The standard InChI is InChI=1S/C22H28N4O2S/c1-2-19-5-3-4-6-20(19)24-21(27)15-25-11-13-26(14-12-25)22(28)17-29-16-18-7-9-23-10-8-18/h3-10H,2,11-17H2,1H3,(H,24,27). The molecule has 7 heteroatoms. The lowest BCUT2D eigenvalue weighted by Crippen LogP contribution is -2.50. The lowest BCUT2D eigenvalue weighted by Gasteiger charge is -2.34. The van der Waals surface area contributed by atoms with E-state index in [0.717, 1.165) is 36.5 Å². The maximum Gasteiger partial charge on any atom is 0.238 e. The molecular weight excluding hydrogens is 384 g/mol.